The summed E-state index contributed by atoms with van der Waals surface area (Å²) in [5, 5.41) is 11.1. The van der Waals surface area contributed by atoms with Crippen molar-refractivity contribution < 1.29 is 21.8 Å². The average Bonchev–Trinajstić information content (AvgIpc) is 2.82. The number of benzene rings is 1. The summed E-state index contributed by atoms with van der Waals surface area (Å²) in [5.74, 6) is -1.67. The first kappa shape index (κ1) is 16.1. The minimum atomic E-state index is -4.18. The average molecular weight is 371 g/mol. The number of sulfone groups is 1. The smallest absolute Gasteiger partial charge is 0.258 e. The summed E-state index contributed by atoms with van der Waals surface area (Å²) < 4.78 is 46.4. The molecule has 0 aliphatic carbocycles. The Morgan fingerprint density at radius 1 is 1.24 bits per heavy atom. The number of hydrogen-bond donors (Lipinski definition) is 0. The molecule has 0 saturated carbocycles. The first-order chi connectivity index (χ1) is 9.62. The van der Waals surface area contributed by atoms with Gasteiger partial charge >= 0.3 is 5.69 Å². The Balaban J connectivity index is 2.60. The quantitative estimate of drug-likeness (QED) is 0.444. The first-order valence-corrected chi connectivity index (χ1v) is 10.3. The SMILES string of the molecule is O=[N+]([O-])c1c(S(=O)(=O)CCS(=O)(=O)Cl)ccc2scnc12. The topological polar surface area (TPSA) is 124 Å². The molecule has 8 nitrogen and oxygen atoms in total. The van der Waals surface area contributed by atoms with Gasteiger partial charge in [0.2, 0.25) is 9.05 Å². The van der Waals surface area contributed by atoms with Crippen molar-refractivity contribution in [1.29, 1.82) is 0 Å². The Kier molecular flexibility index (Phi) is 4.19. The zero-order valence-corrected chi connectivity index (χ0v) is 13.3. The molecule has 2 rings (SSSR count). The summed E-state index contributed by atoms with van der Waals surface area (Å²) in [5.41, 5.74) is 0.664. The van der Waals surface area contributed by atoms with Crippen LogP contribution in [0.25, 0.3) is 10.2 Å². The van der Waals surface area contributed by atoms with E-state index < -0.39 is 45.9 Å². The molecule has 1 aromatic carbocycles. The summed E-state index contributed by atoms with van der Waals surface area (Å²) >= 11 is 1.13. The number of rotatable bonds is 5. The molecule has 0 aliphatic heterocycles. The van der Waals surface area contributed by atoms with Crippen LogP contribution in [-0.4, -0.2) is 38.2 Å². The molecule has 0 N–H and O–H groups in total. The normalized spacial score (nSPS) is 12.6. The summed E-state index contributed by atoms with van der Waals surface area (Å²) in [4.78, 5) is 13.5. The Labute approximate surface area is 127 Å². The Bertz CT molecular complexity index is 918. The van der Waals surface area contributed by atoms with E-state index in [1.165, 1.54) is 11.6 Å². The van der Waals surface area contributed by atoms with Crippen molar-refractivity contribution in [1.82, 2.24) is 4.98 Å². The van der Waals surface area contributed by atoms with Crippen molar-refractivity contribution in [2.24, 2.45) is 0 Å². The van der Waals surface area contributed by atoms with Gasteiger partial charge in [-0.3, -0.25) is 10.1 Å². The van der Waals surface area contributed by atoms with Crippen molar-refractivity contribution in [2.75, 3.05) is 11.5 Å². The fourth-order valence-electron chi connectivity index (χ4n) is 1.64. The highest BCUT2D eigenvalue weighted by atomic mass is 35.7. The molecule has 0 fully saturated rings. The third-order valence-corrected chi connectivity index (χ3v) is 6.50. The number of thiazole rings is 1. The van der Waals surface area contributed by atoms with Gasteiger partial charge < -0.3 is 0 Å². The molecule has 0 unspecified atom stereocenters. The van der Waals surface area contributed by atoms with E-state index in [2.05, 4.69) is 4.98 Å². The van der Waals surface area contributed by atoms with E-state index in [-0.39, 0.29) is 5.52 Å². The standard InChI is InChI=1S/C9H7ClN2O6S3/c10-21(17,18)4-3-20(15,16)7-2-1-6-8(11-5-19-6)9(7)12(13)14/h1-2,5H,3-4H2. The third-order valence-electron chi connectivity index (χ3n) is 2.55. The van der Waals surface area contributed by atoms with E-state index in [0.29, 0.717) is 4.70 Å². The molecule has 0 radical (unpaired) electrons. The van der Waals surface area contributed by atoms with E-state index in [4.69, 9.17) is 10.7 Å². The van der Waals surface area contributed by atoms with Crippen LogP contribution in [-0.2, 0) is 18.9 Å². The molecule has 0 aliphatic rings. The second-order valence-electron chi connectivity index (χ2n) is 3.93. The second-order valence-corrected chi connectivity index (χ2v) is 9.79. The van der Waals surface area contributed by atoms with E-state index >= 15 is 0 Å². The lowest BCUT2D eigenvalue weighted by Gasteiger charge is -2.04. The van der Waals surface area contributed by atoms with Gasteiger partial charge in [0.25, 0.3) is 0 Å². The minimum Gasteiger partial charge on any atom is -0.258 e. The van der Waals surface area contributed by atoms with Gasteiger partial charge in [0, 0.05) is 10.7 Å². The van der Waals surface area contributed by atoms with Crippen LogP contribution in [0.1, 0.15) is 0 Å². The van der Waals surface area contributed by atoms with Crippen molar-refractivity contribution in [3.8, 4) is 0 Å². The molecule has 0 saturated heterocycles. The first-order valence-electron chi connectivity index (χ1n) is 5.27. The number of aromatic nitrogens is 1. The van der Waals surface area contributed by atoms with Gasteiger partial charge in [-0.25, -0.2) is 21.8 Å². The molecule has 2 aromatic rings. The monoisotopic (exact) mass is 370 g/mol. The van der Waals surface area contributed by atoms with E-state index in [1.807, 2.05) is 0 Å². The van der Waals surface area contributed by atoms with Crippen LogP contribution in [0.5, 0.6) is 0 Å². The highest BCUT2D eigenvalue weighted by molar-refractivity contribution is 8.14. The summed E-state index contributed by atoms with van der Waals surface area (Å²) in [6.45, 7) is 0. The molecule has 114 valence electrons. The molecule has 0 amide bonds. The van der Waals surface area contributed by atoms with Crippen molar-refractivity contribution >= 4 is 56.8 Å². The van der Waals surface area contributed by atoms with Crippen LogP contribution in [0.15, 0.2) is 22.5 Å². The fraction of sp³-hybridized carbons (Fsp3) is 0.222. The lowest BCUT2D eigenvalue weighted by molar-refractivity contribution is -0.386. The molecule has 12 heteroatoms. The van der Waals surface area contributed by atoms with Crippen LogP contribution in [0.4, 0.5) is 5.69 Å². The maximum Gasteiger partial charge on any atom is 0.314 e. The maximum absolute atomic E-state index is 12.1. The van der Waals surface area contributed by atoms with Gasteiger partial charge in [-0.15, -0.1) is 11.3 Å². The van der Waals surface area contributed by atoms with Crippen molar-refractivity contribution in [3.05, 3.63) is 27.8 Å². The maximum atomic E-state index is 12.1. The number of hydrogen-bond acceptors (Lipinski definition) is 8. The number of halogens is 1. The van der Waals surface area contributed by atoms with Gasteiger partial charge in [0.05, 0.1) is 26.6 Å². The van der Waals surface area contributed by atoms with Gasteiger partial charge in [-0.05, 0) is 12.1 Å². The summed E-state index contributed by atoms with van der Waals surface area (Å²) in [6, 6.07) is 2.47. The third kappa shape index (κ3) is 3.48. The Hall–Kier alpha value is -1.30. The second kappa shape index (κ2) is 5.48. The predicted octanol–water partition coefficient (Wildman–Crippen LogP) is 1.55. The highest BCUT2D eigenvalue weighted by Gasteiger charge is 2.30. The zero-order valence-electron chi connectivity index (χ0n) is 10.1. The predicted molar refractivity (Wildman–Crippen MR) is 78.0 cm³/mol. The van der Waals surface area contributed by atoms with Gasteiger partial charge in [-0.2, -0.15) is 0 Å². The number of fused-ring (bicyclic) bond motifs is 1. The lowest BCUT2D eigenvalue weighted by Crippen LogP contribution is -2.15. The molecule has 0 spiro atoms. The number of nitrogens with zero attached hydrogens (tertiary/aromatic N) is 2. The fourth-order valence-corrected chi connectivity index (χ4v) is 5.53. The minimum absolute atomic E-state index is 0.0418. The van der Waals surface area contributed by atoms with Crippen LogP contribution < -0.4 is 0 Å². The van der Waals surface area contributed by atoms with Crippen LogP contribution in [0.2, 0.25) is 0 Å². The number of nitro benzene ring substituents is 1. The van der Waals surface area contributed by atoms with Gasteiger partial charge in [-0.1, -0.05) is 0 Å². The van der Waals surface area contributed by atoms with Crippen LogP contribution in [0.3, 0.4) is 0 Å². The van der Waals surface area contributed by atoms with E-state index in [1.54, 1.807) is 0 Å². The summed E-state index contributed by atoms with van der Waals surface area (Å²) in [7, 11) is -3.23. The van der Waals surface area contributed by atoms with Crippen molar-refractivity contribution in [3.63, 3.8) is 0 Å². The molecule has 0 atom stereocenters. The molecular formula is C9H7ClN2O6S3. The van der Waals surface area contributed by atoms with Crippen LogP contribution in [0, 0.1) is 10.1 Å². The highest BCUT2D eigenvalue weighted by Crippen LogP contribution is 2.34. The van der Waals surface area contributed by atoms with Crippen LogP contribution >= 0.6 is 22.0 Å². The van der Waals surface area contributed by atoms with Gasteiger partial charge in [0.15, 0.2) is 15.4 Å². The Morgan fingerprint density at radius 2 is 1.90 bits per heavy atom. The number of nitro groups is 1. The largest absolute Gasteiger partial charge is 0.314 e. The molecule has 0 bridgehead atoms. The zero-order chi connectivity index (χ0) is 15.8. The van der Waals surface area contributed by atoms with E-state index in [0.717, 1.165) is 17.4 Å². The molecule has 1 aromatic heterocycles. The molecule has 21 heavy (non-hydrogen) atoms. The van der Waals surface area contributed by atoms with Crippen molar-refractivity contribution in [2.45, 2.75) is 4.90 Å². The Morgan fingerprint density at radius 3 is 2.48 bits per heavy atom. The van der Waals surface area contributed by atoms with E-state index in [9.17, 15) is 26.9 Å². The molecule has 1 heterocycles. The summed E-state index contributed by atoms with van der Waals surface area (Å²) in [6.07, 6.45) is 0. The lowest BCUT2D eigenvalue weighted by atomic mass is 10.3. The van der Waals surface area contributed by atoms with Gasteiger partial charge in [0.1, 0.15) is 4.90 Å². The molecular weight excluding hydrogens is 364 g/mol.